The van der Waals surface area contributed by atoms with Crippen LogP contribution < -0.4 is 14.5 Å². The van der Waals surface area contributed by atoms with Crippen molar-refractivity contribution in [1.29, 1.82) is 0 Å². The monoisotopic (exact) mass is 691 g/mol. The summed E-state index contributed by atoms with van der Waals surface area (Å²) >= 11 is 0. The maximum absolute atomic E-state index is 12.7. The molecule has 1 N–H and O–H groups in total. The van der Waals surface area contributed by atoms with Gasteiger partial charge < -0.3 is 19.6 Å². The lowest BCUT2D eigenvalue weighted by atomic mass is 9.79. The molecule has 0 radical (unpaired) electrons. The molecule has 50 heavy (non-hydrogen) atoms. The number of unbranched alkanes of at least 4 members (excludes halogenated alkanes) is 17. The van der Waals surface area contributed by atoms with Crippen molar-refractivity contribution in [3.8, 4) is 11.5 Å². The van der Waals surface area contributed by atoms with Crippen LogP contribution in [0.25, 0.3) is 0 Å². The van der Waals surface area contributed by atoms with Gasteiger partial charge in [-0.25, -0.2) is 0 Å². The van der Waals surface area contributed by atoms with Gasteiger partial charge in [-0.15, -0.1) is 0 Å². The predicted molar refractivity (Wildman–Crippen MR) is 216 cm³/mol. The molecular formula is C45H74N2O3. The topological polar surface area (TPSA) is 53.0 Å². The normalized spacial score (nSPS) is 14.1. The van der Waals surface area contributed by atoms with Crippen LogP contribution in [0.4, 0.5) is 11.4 Å². The van der Waals surface area contributed by atoms with Crippen LogP contribution in [-0.2, 0) is 4.79 Å². The van der Waals surface area contributed by atoms with Gasteiger partial charge in [-0.3, -0.25) is 4.79 Å². The Morgan fingerprint density at radius 2 is 1.08 bits per heavy atom. The zero-order valence-electron chi connectivity index (χ0n) is 33.0. The zero-order chi connectivity index (χ0) is 36.0. The second-order valence-corrected chi connectivity index (χ2v) is 15.2. The Kier molecular flexibility index (Phi) is 20.4. The van der Waals surface area contributed by atoms with E-state index in [0.29, 0.717) is 6.42 Å². The molecule has 0 aliphatic carbocycles. The van der Waals surface area contributed by atoms with Crippen molar-refractivity contribution in [2.45, 2.75) is 175 Å². The number of nitrogens with zero attached hydrogens (tertiary/aromatic N) is 2. The van der Waals surface area contributed by atoms with Gasteiger partial charge in [-0.1, -0.05) is 148 Å². The van der Waals surface area contributed by atoms with E-state index in [2.05, 4.69) is 80.9 Å². The molecule has 1 aliphatic heterocycles. The Hall–Kier alpha value is -2.69. The lowest BCUT2D eigenvalue weighted by Crippen LogP contribution is -2.26. The van der Waals surface area contributed by atoms with Crippen molar-refractivity contribution >= 4 is 17.3 Å². The molecule has 0 amide bonds. The summed E-state index contributed by atoms with van der Waals surface area (Å²) in [6.07, 6.45) is 27.3. The predicted octanol–water partition coefficient (Wildman–Crippen LogP) is 13.5. The van der Waals surface area contributed by atoms with E-state index in [1.54, 1.807) is 0 Å². The molecule has 0 saturated heterocycles. The largest absolute Gasteiger partial charge is 0.481 e. The number of benzene rings is 2. The van der Waals surface area contributed by atoms with Crippen molar-refractivity contribution in [1.82, 2.24) is 0 Å². The quantitative estimate of drug-likeness (QED) is 0.0861. The molecular weight excluding hydrogens is 617 g/mol. The maximum atomic E-state index is 12.7. The number of ether oxygens (including phenoxy) is 1. The van der Waals surface area contributed by atoms with Gasteiger partial charge in [0.25, 0.3) is 0 Å². The summed E-state index contributed by atoms with van der Waals surface area (Å²) in [6.45, 7) is 11.9. The van der Waals surface area contributed by atoms with Crippen LogP contribution in [0, 0.1) is 5.92 Å². The van der Waals surface area contributed by atoms with Crippen LogP contribution in [0.3, 0.4) is 0 Å². The van der Waals surface area contributed by atoms with Crippen LogP contribution in [0.1, 0.15) is 186 Å². The summed E-state index contributed by atoms with van der Waals surface area (Å²) in [5, 5.41) is 10.4. The third-order valence-electron chi connectivity index (χ3n) is 11.1. The first-order valence-corrected chi connectivity index (χ1v) is 21.1. The SMILES string of the molecule is CCCCCCCCCCCCCCCCCCC(CC1c2ccc(N(C)CC)cc2Oc2cc(N(CCCC)CCCC)ccc21)C(=O)O. The van der Waals surface area contributed by atoms with Gasteiger partial charge in [0.15, 0.2) is 0 Å². The number of anilines is 2. The highest BCUT2D eigenvalue weighted by Crippen LogP contribution is 2.49. The maximum Gasteiger partial charge on any atom is 0.306 e. The number of fused-ring (bicyclic) bond motifs is 2. The Morgan fingerprint density at radius 1 is 0.640 bits per heavy atom. The number of hydrogen-bond donors (Lipinski definition) is 1. The van der Waals surface area contributed by atoms with E-state index in [1.807, 2.05) is 0 Å². The lowest BCUT2D eigenvalue weighted by molar-refractivity contribution is -0.142. The average molecular weight is 691 g/mol. The summed E-state index contributed by atoms with van der Waals surface area (Å²) in [6, 6.07) is 13.2. The number of rotatable bonds is 29. The number of hydrogen-bond acceptors (Lipinski definition) is 4. The Bertz CT molecular complexity index is 1200. The van der Waals surface area contributed by atoms with Gasteiger partial charge >= 0.3 is 5.97 Å². The molecule has 1 aliphatic rings. The molecule has 2 aromatic carbocycles. The smallest absolute Gasteiger partial charge is 0.306 e. The Labute approximate surface area is 307 Å². The fourth-order valence-corrected chi connectivity index (χ4v) is 7.59. The highest BCUT2D eigenvalue weighted by Gasteiger charge is 2.32. The summed E-state index contributed by atoms with van der Waals surface area (Å²) in [7, 11) is 2.10. The molecule has 5 heteroatoms. The van der Waals surface area contributed by atoms with Crippen molar-refractivity contribution < 1.29 is 14.6 Å². The first kappa shape index (κ1) is 41.7. The van der Waals surface area contributed by atoms with Crippen LogP contribution in [-0.4, -0.2) is 37.8 Å². The molecule has 0 saturated carbocycles. The minimum atomic E-state index is -0.662. The summed E-state index contributed by atoms with van der Waals surface area (Å²) < 4.78 is 6.68. The highest BCUT2D eigenvalue weighted by molar-refractivity contribution is 5.71. The molecule has 0 bridgehead atoms. The number of carboxylic acid groups (broad SMARTS) is 1. The fraction of sp³-hybridized carbons (Fsp3) is 0.711. The van der Waals surface area contributed by atoms with Gasteiger partial charge in [0.05, 0.1) is 5.92 Å². The number of aliphatic carboxylic acids is 1. The minimum absolute atomic E-state index is 0.00525. The molecule has 282 valence electrons. The minimum Gasteiger partial charge on any atom is -0.481 e. The van der Waals surface area contributed by atoms with Crippen molar-refractivity contribution in [2.75, 3.05) is 36.5 Å². The van der Waals surface area contributed by atoms with Gasteiger partial charge in [-0.05, 0) is 44.7 Å². The molecule has 1 heterocycles. The summed E-state index contributed by atoms with van der Waals surface area (Å²) in [4.78, 5) is 17.4. The zero-order valence-corrected chi connectivity index (χ0v) is 33.0. The summed E-state index contributed by atoms with van der Waals surface area (Å²) in [5.74, 6) is 0.739. The molecule has 5 nitrogen and oxygen atoms in total. The molecule has 0 fully saturated rings. The third-order valence-corrected chi connectivity index (χ3v) is 11.1. The first-order valence-electron chi connectivity index (χ1n) is 21.1. The van der Waals surface area contributed by atoms with E-state index in [9.17, 15) is 9.90 Å². The lowest BCUT2D eigenvalue weighted by Gasteiger charge is -2.33. The molecule has 0 aromatic heterocycles. The Balaban J connectivity index is 1.56. The van der Waals surface area contributed by atoms with Crippen LogP contribution in [0.5, 0.6) is 11.5 Å². The average Bonchev–Trinajstić information content (AvgIpc) is 3.12. The van der Waals surface area contributed by atoms with E-state index in [1.165, 1.54) is 121 Å². The molecule has 3 rings (SSSR count). The van der Waals surface area contributed by atoms with E-state index >= 15 is 0 Å². The first-order chi connectivity index (χ1) is 24.4. The molecule has 2 atom stereocenters. The fourth-order valence-electron chi connectivity index (χ4n) is 7.59. The molecule has 2 unspecified atom stereocenters. The van der Waals surface area contributed by atoms with Gasteiger partial charge in [0.1, 0.15) is 11.5 Å². The van der Waals surface area contributed by atoms with E-state index in [0.717, 1.165) is 67.2 Å². The van der Waals surface area contributed by atoms with E-state index < -0.39 is 5.97 Å². The van der Waals surface area contributed by atoms with Crippen LogP contribution in [0.2, 0.25) is 0 Å². The molecule has 2 aromatic rings. The van der Waals surface area contributed by atoms with E-state index in [-0.39, 0.29) is 11.8 Å². The second kappa shape index (κ2) is 24.5. The second-order valence-electron chi connectivity index (χ2n) is 15.2. The van der Waals surface area contributed by atoms with Gasteiger partial charge in [0.2, 0.25) is 0 Å². The highest BCUT2D eigenvalue weighted by atomic mass is 16.5. The Morgan fingerprint density at radius 3 is 1.54 bits per heavy atom. The number of carboxylic acids is 1. The number of carbonyl (C=O) groups is 1. The van der Waals surface area contributed by atoms with E-state index in [4.69, 9.17) is 4.74 Å². The van der Waals surface area contributed by atoms with Crippen molar-refractivity contribution in [2.24, 2.45) is 5.92 Å². The standard InChI is InChI=1S/C45H74N2O3/c1-6-10-13-14-15-16-17-18-19-20-21-22-23-24-25-26-27-37(45(48)49)34-42-40-30-28-38(46(5)9-4)35-43(40)50-44-36-39(29-31-41(42)44)47(32-11-7-2)33-12-8-3/h28-31,35-37,42H,6-27,32-34H2,1-5H3,(H,48,49). The molecule has 0 spiro atoms. The van der Waals surface area contributed by atoms with Crippen molar-refractivity contribution in [3.05, 3.63) is 47.5 Å². The van der Waals surface area contributed by atoms with Crippen LogP contribution >= 0.6 is 0 Å². The van der Waals surface area contributed by atoms with Gasteiger partial charge in [0, 0.05) is 67.2 Å². The summed E-state index contributed by atoms with van der Waals surface area (Å²) in [5.41, 5.74) is 4.57. The van der Waals surface area contributed by atoms with Crippen molar-refractivity contribution in [3.63, 3.8) is 0 Å². The van der Waals surface area contributed by atoms with Crippen LogP contribution in [0.15, 0.2) is 36.4 Å². The van der Waals surface area contributed by atoms with Gasteiger partial charge in [-0.2, -0.15) is 0 Å². The third kappa shape index (κ3) is 14.1.